The highest BCUT2D eigenvalue weighted by Gasteiger charge is 2.17. The van der Waals surface area contributed by atoms with E-state index >= 15 is 0 Å². The summed E-state index contributed by atoms with van der Waals surface area (Å²) >= 11 is 0. The van der Waals surface area contributed by atoms with E-state index in [1.807, 2.05) is 51.1 Å². The Bertz CT molecular complexity index is 943. The maximum atomic E-state index is 12.5. The molecule has 29 heavy (non-hydrogen) atoms. The summed E-state index contributed by atoms with van der Waals surface area (Å²) in [5.41, 5.74) is 9.07. The van der Waals surface area contributed by atoms with Gasteiger partial charge in [-0.25, -0.2) is 0 Å². The first-order valence-electron chi connectivity index (χ1n) is 10.1. The van der Waals surface area contributed by atoms with Crippen molar-refractivity contribution in [3.05, 3.63) is 75.5 Å². The topological polar surface area (TPSA) is 69.3 Å². The SMILES string of the molecule is CC.CN/C(=C\N)COc1cc(C)n(Cc2ccc(C#CC3CC3)cc2)c(=O)c1. The second-order valence-corrected chi connectivity index (χ2v) is 6.73. The van der Waals surface area contributed by atoms with Crippen molar-refractivity contribution in [3.8, 4) is 17.6 Å². The number of pyridine rings is 1. The lowest BCUT2D eigenvalue weighted by atomic mass is 10.1. The van der Waals surface area contributed by atoms with Crippen LogP contribution in [0.2, 0.25) is 0 Å². The van der Waals surface area contributed by atoms with Gasteiger partial charge in [0.25, 0.3) is 5.56 Å². The highest BCUT2D eigenvalue weighted by Crippen LogP contribution is 2.27. The van der Waals surface area contributed by atoms with Gasteiger partial charge in [0, 0.05) is 36.5 Å². The Morgan fingerprint density at radius 3 is 2.52 bits per heavy atom. The van der Waals surface area contributed by atoms with Crippen molar-refractivity contribution < 1.29 is 4.74 Å². The van der Waals surface area contributed by atoms with E-state index in [1.165, 1.54) is 25.1 Å². The molecule has 5 heteroatoms. The summed E-state index contributed by atoms with van der Waals surface area (Å²) in [4.78, 5) is 12.5. The van der Waals surface area contributed by atoms with Crippen LogP contribution in [0.25, 0.3) is 0 Å². The van der Waals surface area contributed by atoms with Crippen LogP contribution in [0.4, 0.5) is 0 Å². The summed E-state index contributed by atoms with van der Waals surface area (Å²) < 4.78 is 7.38. The van der Waals surface area contributed by atoms with E-state index in [9.17, 15) is 4.79 Å². The maximum absolute atomic E-state index is 12.5. The smallest absolute Gasteiger partial charge is 0.254 e. The summed E-state index contributed by atoms with van der Waals surface area (Å²) in [6.45, 7) is 6.71. The fourth-order valence-corrected chi connectivity index (χ4v) is 2.64. The first-order chi connectivity index (χ1) is 14.1. The first-order valence-corrected chi connectivity index (χ1v) is 10.1. The van der Waals surface area contributed by atoms with Crippen molar-refractivity contribution in [2.75, 3.05) is 13.7 Å². The predicted octanol–water partition coefficient (Wildman–Crippen LogP) is 3.39. The van der Waals surface area contributed by atoms with Gasteiger partial charge in [-0.15, -0.1) is 0 Å². The molecule has 154 valence electrons. The Balaban J connectivity index is 0.00000145. The number of benzene rings is 1. The van der Waals surface area contributed by atoms with Gasteiger partial charge in [0.05, 0.1) is 12.2 Å². The molecule has 1 aliphatic rings. The summed E-state index contributed by atoms with van der Waals surface area (Å²) in [5, 5.41) is 2.94. The van der Waals surface area contributed by atoms with Gasteiger partial charge in [-0.3, -0.25) is 4.79 Å². The molecule has 1 aromatic heterocycles. The first kappa shape index (κ1) is 22.2. The minimum absolute atomic E-state index is 0.0923. The van der Waals surface area contributed by atoms with Gasteiger partial charge in [-0.05, 0) is 43.5 Å². The zero-order valence-corrected chi connectivity index (χ0v) is 17.8. The maximum Gasteiger partial charge on any atom is 0.254 e. The number of nitrogens with one attached hydrogen (secondary N) is 1. The summed E-state index contributed by atoms with van der Waals surface area (Å²) in [6.07, 6.45) is 3.91. The fraction of sp³-hybridized carbons (Fsp3) is 0.375. The average Bonchev–Trinajstić information content (AvgIpc) is 3.57. The van der Waals surface area contributed by atoms with E-state index in [-0.39, 0.29) is 5.56 Å². The molecular formula is C24H31N3O2. The minimum atomic E-state index is -0.0923. The lowest BCUT2D eigenvalue weighted by molar-refractivity contribution is 0.342. The minimum Gasteiger partial charge on any atom is -0.487 e. The van der Waals surface area contributed by atoms with Crippen LogP contribution in [0.3, 0.4) is 0 Å². The fourth-order valence-electron chi connectivity index (χ4n) is 2.64. The van der Waals surface area contributed by atoms with Gasteiger partial charge < -0.3 is 20.4 Å². The number of aryl methyl sites for hydroxylation is 1. The second kappa shape index (κ2) is 11.0. The predicted molar refractivity (Wildman–Crippen MR) is 119 cm³/mol. The van der Waals surface area contributed by atoms with Crippen LogP contribution in [0, 0.1) is 24.7 Å². The molecule has 1 aliphatic carbocycles. The quantitative estimate of drug-likeness (QED) is 0.738. The third-order valence-electron chi connectivity index (χ3n) is 4.52. The van der Waals surface area contributed by atoms with Crippen molar-refractivity contribution in [3.63, 3.8) is 0 Å². The number of ether oxygens (including phenoxy) is 1. The van der Waals surface area contributed by atoms with Crippen LogP contribution in [0.15, 0.2) is 53.1 Å². The van der Waals surface area contributed by atoms with Crippen LogP contribution in [0.1, 0.15) is 43.5 Å². The number of likely N-dealkylation sites (N-methyl/N-ethyl adjacent to an activating group) is 1. The van der Waals surface area contributed by atoms with Crippen molar-refractivity contribution in [1.29, 1.82) is 0 Å². The molecular weight excluding hydrogens is 362 g/mol. The largest absolute Gasteiger partial charge is 0.487 e. The molecule has 0 amide bonds. The Morgan fingerprint density at radius 2 is 1.97 bits per heavy atom. The molecule has 1 saturated carbocycles. The number of hydrogen-bond donors (Lipinski definition) is 2. The standard InChI is InChI=1S/C22H25N3O2.C2H6/c1-16-11-21(27-15-20(13-23)24-2)12-22(26)25(16)14-19-9-7-18(8-10-19)6-5-17-3-4-17;1-2/h7-13,17,24H,3-4,14-15,23H2,1-2H3;1-2H3/b20-13-;. The van der Waals surface area contributed by atoms with Gasteiger partial charge in [0.2, 0.25) is 0 Å². The number of hydrogen-bond acceptors (Lipinski definition) is 4. The van der Waals surface area contributed by atoms with Gasteiger partial charge >= 0.3 is 0 Å². The van der Waals surface area contributed by atoms with Crippen molar-refractivity contribution in [2.24, 2.45) is 11.7 Å². The molecule has 5 nitrogen and oxygen atoms in total. The van der Waals surface area contributed by atoms with Gasteiger partial charge in [-0.2, -0.15) is 0 Å². The third-order valence-corrected chi connectivity index (χ3v) is 4.52. The molecule has 2 aromatic rings. The highest BCUT2D eigenvalue weighted by molar-refractivity contribution is 5.37. The van der Waals surface area contributed by atoms with Crippen LogP contribution >= 0.6 is 0 Å². The van der Waals surface area contributed by atoms with Crippen molar-refractivity contribution in [1.82, 2.24) is 9.88 Å². The molecule has 0 spiro atoms. The Morgan fingerprint density at radius 1 is 1.28 bits per heavy atom. The molecule has 0 radical (unpaired) electrons. The lowest BCUT2D eigenvalue weighted by Crippen LogP contribution is -2.23. The molecule has 3 rings (SSSR count). The lowest BCUT2D eigenvalue weighted by Gasteiger charge is -2.13. The van der Waals surface area contributed by atoms with Crippen LogP contribution < -0.4 is 21.3 Å². The molecule has 1 aromatic carbocycles. The van der Waals surface area contributed by atoms with Crippen LogP contribution in [-0.4, -0.2) is 18.2 Å². The summed E-state index contributed by atoms with van der Waals surface area (Å²) in [6, 6.07) is 11.5. The molecule has 0 unspecified atom stereocenters. The van der Waals surface area contributed by atoms with E-state index in [0.29, 0.717) is 24.8 Å². The van der Waals surface area contributed by atoms with E-state index < -0.39 is 0 Å². The van der Waals surface area contributed by atoms with E-state index in [0.717, 1.165) is 22.5 Å². The zero-order chi connectivity index (χ0) is 21.2. The van der Waals surface area contributed by atoms with E-state index in [1.54, 1.807) is 11.6 Å². The number of aromatic nitrogens is 1. The molecule has 0 bridgehead atoms. The number of nitrogens with zero attached hydrogens (tertiary/aromatic N) is 1. The van der Waals surface area contributed by atoms with Crippen LogP contribution in [-0.2, 0) is 6.54 Å². The van der Waals surface area contributed by atoms with Gasteiger partial charge in [0.15, 0.2) is 0 Å². The number of nitrogens with two attached hydrogens (primary N) is 1. The van der Waals surface area contributed by atoms with Crippen molar-refractivity contribution in [2.45, 2.75) is 40.2 Å². The third kappa shape index (κ3) is 6.76. The molecule has 0 saturated heterocycles. The Kier molecular flexibility index (Phi) is 8.42. The molecule has 0 aliphatic heterocycles. The van der Waals surface area contributed by atoms with E-state index in [2.05, 4.69) is 17.2 Å². The van der Waals surface area contributed by atoms with Gasteiger partial charge in [-0.1, -0.05) is 37.8 Å². The average molecular weight is 394 g/mol. The molecule has 0 atom stereocenters. The van der Waals surface area contributed by atoms with Crippen molar-refractivity contribution >= 4 is 0 Å². The Hall–Kier alpha value is -3.13. The zero-order valence-electron chi connectivity index (χ0n) is 17.8. The molecule has 1 heterocycles. The second-order valence-electron chi connectivity index (χ2n) is 6.73. The molecule has 3 N–H and O–H groups in total. The highest BCUT2D eigenvalue weighted by atomic mass is 16.5. The Labute approximate surface area is 173 Å². The summed E-state index contributed by atoms with van der Waals surface area (Å²) in [5.74, 6) is 7.60. The van der Waals surface area contributed by atoms with Gasteiger partial charge in [0.1, 0.15) is 12.4 Å². The normalized spacial score (nSPS) is 12.9. The van der Waals surface area contributed by atoms with Crippen LogP contribution in [0.5, 0.6) is 5.75 Å². The monoisotopic (exact) mass is 393 g/mol. The number of rotatable bonds is 6. The summed E-state index contributed by atoms with van der Waals surface area (Å²) in [7, 11) is 1.77. The van der Waals surface area contributed by atoms with E-state index in [4.69, 9.17) is 10.5 Å². The molecule has 1 fully saturated rings.